The summed E-state index contributed by atoms with van der Waals surface area (Å²) in [6, 6.07) is 9.73. The summed E-state index contributed by atoms with van der Waals surface area (Å²) < 4.78 is 12.6. The summed E-state index contributed by atoms with van der Waals surface area (Å²) in [6.45, 7) is 0.338. The van der Waals surface area contributed by atoms with Crippen LogP contribution in [-0.2, 0) is 15.2 Å². The summed E-state index contributed by atoms with van der Waals surface area (Å²) in [6.07, 6.45) is 3.37. The van der Waals surface area contributed by atoms with Gasteiger partial charge in [-0.3, -0.25) is 4.57 Å². The molecule has 4 nitrogen and oxygen atoms in total. The number of ether oxygens (including phenoxy) is 2. The minimum atomic E-state index is -0.782. The van der Waals surface area contributed by atoms with Gasteiger partial charge in [-0.2, -0.15) is 0 Å². The van der Waals surface area contributed by atoms with Crippen molar-refractivity contribution in [2.75, 3.05) is 6.61 Å². The Balaban J connectivity index is 0.000001000. The number of para-hydroxylation sites is 1. The van der Waals surface area contributed by atoms with Crippen LogP contribution in [0.4, 0.5) is 0 Å². The van der Waals surface area contributed by atoms with Gasteiger partial charge in [0.05, 0.1) is 11.8 Å². The Bertz CT molecular complexity index is 676. The first-order valence-corrected chi connectivity index (χ1v) is 5.44. The SMILES string of the molecule is Cl.O=C1OC2(C=COC2)n2c1cc1ccccc12. The van der Waals surface area contributed by atoms with Crippen LogP contribution in [0, 0.1) is 0 Å². The number of halogens is 1. The van der Waals surface area contributed by atoms with E-state index >= 15 is 0 Å². The number of carbonyl (C=O) groups excluding carboxylic acids is 1. The molecule has 2 aliphatic heterocycles. The Morgan fingerprint density at radius 3 is 2.89 bits per heavy atom. The van der Waals surface area contributed by atoms with Gasteiger partial charge in [0.1, 0.15) is 5.69 Å². The molecule has 2 aliphatic rings. The Morgan fingerprint density at radius 2 is 2.11 bits per heavy atom. The molecular formula is C13H10ClNO3. The molecule has 0 saturated heterocycles. The lowest BCUT2D eigenvalue weighted by Gasteiger charge is -2.21. The van der Waals surface area contributed by atoms with Gasteiger partial charge in [-0.05, 0) is 12.1 Å². The number of hydrogen-bond acceptors (Lipinski definition) is 3. The molecule has 0 radical (unpaired) electrons. The van der Waals surface area contributed by atoms with E-state index in [1.165, 1.54) is 0 Å². The highest BCUT2D eigenvalue weighted by Gasteiger charge is 2.47. The zero-order valence-electron chi connectivity index (χ0n) is 9.33. The Kier molecular flexibility index (Phi) is 2.19. The smallest absolute Gasteiger partial charge is 0.357 e. The average Bonchev–Trinajstić information content (AvgIpc) is 2.97. The number of aromatic nitrogens is 1. The van der Waals surface area contributed by atoms with Gasteiger partial charge in [0.25, 0.3) is 0 Å². The van der Waals surface area contributed by atoms with Crippen LogP contribution < -0.4 is 0 Å². The zero-order valence-corrected chi connectivity index (χ0v) is 10.1. The maximum atomic E-state index is 11.9. The highest BCUT2D eigenvalue weighted by atomic mass is 35.5. The third kappa shape index (κ3) is 1.18. The van der Waals surface area contributed by atoms with E-state index in [-0.39, 0.29) is 18.4 Å². The van der Waals surface area contributed by atoms with E-state index < -0.39 is 5.72 Å². The van der Waals surface area contributed by atoms with Crippen molar-refractivity contribution in [1.29, 1.82) is 0 Å². The first-order valence-electron chi connectivity index (χ1n) is 5.44. The van der Waals surface area contributed by atoms with Crippen LogP contribution in [-0.4, -0.2) is 17.1 Å². The predicted molar refractivity (Wildman–Crippen MR) is 67.7 cm³/mol. The van der Waals surface area contributed by atoms with Gasteiger partial charge < -0.3 is 9.47 Å². The van der Waals surface area contributed by atoms with Crippen molar-refractivity contribution < 1.29 is 14.3 Å². The molecular weight excluding hydrogens is 254 g/mol. The first kappa shape index (κ1) is 11.2. The summed E-state index contributed by atoms with van der Waals surface area (Å²) in [4.78, 5) is 11.9. The van der Waals surface area contributed by atoms with E-state index in [9.17, 15) is 4.79 Å². The van der Waals surface area contributed by atoms with Crippen molar-refractivity contribution in [3.8, 4) is 0 Å². The number of hydrogen-bond donors (Lipinski definition) is 0. The molecule has 1 aromatic carbocycles. The fraction of sp³-hybridized carbons (Fsp3) is 0.154. The van der Waals surface area contributed by atoms with E-state index in [1.807, 2.05) is 34.9 Å². The highest BCUT2D eigenvalue weighted by molar-refractivity contribution is 5.98. The van der Waals surface area contributed by atoms with Crippen LogP contribution in [0.1, 0.15) is 10.5 Å². The van der Waals surface area contributed by atoms with Crippen LogP contribution in [0.2, 0.25) is 0 Å². The minimum Gasteiger partial charge on any atom is -0.495 e. The fourth-order valence-corrected chi connectivity index (χ4v) is 2.54. The van der Waals surface area contributed by atoms with Gasteiger partial charge in [0.15, 0.2) is 6.61 Å². The summed E-state index contributed by atoms with van der Waals surface area (Å²) in [5, 5.41) is 1.04. The van der Waals surface area contributed by atoms with Crippen molar-refractivity contribution in [3.05, 3.63) is 48.4 Å². The Labute approximate surface area is 109 Å². The zero-order chi connectivity index (χ0) is 11.5. The van der Waals surface area contributed by atoms with Crippen LogP contribution in [0.3, 0.4) is 0 Å². The maximum Gasteiger partial charge on any atom is 0.357 e. The molecule has 1 atom stereocenters. The quantitative estimate of drug-likeness (QED) is 0.686. The second kappa shape index (κ2) is 3.53. The number of fused-ring (bicyclic) bond motifs is 4. The molecule has 0 fully saturated rings. The van der Waals surface area contributed by atoms with Crippen LogP contribution in [0.25, 0.3) is 10.9 Å². The molecule has 3 heterocycles. The molecule has 0 aliphatic carbocycles. The molecule has 2 aromatic rings. The van der Waals surface area contributed by atoms with Crippen molar-refractivity contribution in [3.63, 3.8) is 0 Å². The fourth-order valence-electron chi connectivity index (χ4n) is 2.54. The molecule has 0 N–H and O–H groups in total. The van der Waals surface area contributed by atoms with Gasteiger partial charge in [-0.15, -0.1) is 12.4 Å². The van der Waals surface area contributed by atoms with Crippen molar-refractivity contribution in [1.82, 2.24) is 4.57 Å². The normalized spacial score (nSPS) is 23.9. The van der Waals surface area contributed by atoms with Gasteiger partial charge in [0, 0.05) is 11.5 Å². The second-order valence-electron chi connectivity index (χ2n) is 4.27. The van der Waals surface area contributed by atoms with E-state index in [4.69, 9.17) is 9.47 Å². The van der Waals surface area contributed by atoms with E-state index in [0.717, 1.165) is 10.9 Å². The number of esters is 1. The number of benzene rings is 1. The Hall–Kier alpha value is -1.94. The Morgan fingerprint density at radius 1 is 1.28 bits per heavy atom. The van der Waals surface area contributed by atoms with Crippen molar-refractivity contribution in [2.45, 2.75) is 5.72 Å². The van der Waals surface area contributed by atoms with Crippen LogP contribution in [0.5, 0.6) is 0 Å². The van der Waals surface area contributed by atoms with Gasteiger partial charge in [-0.1, -0.05) is 18.2 Å². The summed E-state index contributed by atoms with van der Waals surface area (Å²) in [5.41, 5.74) is 0.792. The van der Waals surface area contributed by atoms with Crippen molar-refractivity contribution in [2.24, 2.45) is 0 Å². The number of carbonyl (C=O) groups is 1. The lowest BCUT2D eigenvalue weighted by atomic mass is 10.2. The molecule has 1 unspecified atom stereocenters. The molecule has 92 valence electrons. The second-order valence-corrected chi connectivity index (χ2v) is 4.27. The van der Waals surface area contributed by atoms with E-state index in [0.29, 0.717) is 12.3 Å². The lowest BCUT2D eigenvalue weighted by molar-refractivity contribution is -0.0285. The first-order chi connectivity index (χ1) is 8.30. The maximum absolute atomic E-state index is 11.9. The standard InChI is InChI=1S/C13H9NO3.ClH/c15-12-11-7-9-3-1-2-4-10(9)14(11)13(17-12)5-6-16-8-13;/h1-7H,8H2;1H. The number of nitrogens with zero attached hydrogens (tertiary/aromatic N) is 1. The third-order valence-corrected chi connectivity index (χ3v) is 3.28. The molecule has 4 rings (SSSR count). The van der Waals surface area contributed by atoms with Crippen molar-refractivity contribution >= 4 is 29.3 Å². The summed E-state index contributed by atoms with van der Waals surface area (Å²) in [7, 11) is 0. The van der Waals surface area contributed by atoms with Crippen LogP contribution >= 0.6 is 12.4 Å². The molecule has 1 aromatic heterocycles. The summed E-state index contributed by atoms with van der Waals surface area (Å²) in [5.74, 6) is -0.295. The monoisotopic (exact) mass is 263 g/mol. The molecule has 0 saturated carbocycles. The number of rotatable bonds is 0. The largest absolute Gasteiger partial charge is 0.495 e. The molecule has 0 amide bonds. The molecule has 5 heteroatoms. The molecule has 1 spiro atoms. The molecule has 0 bridgehead atoms. The van der Waals surface area contributed by atoms with E-state index in [1.54, 1.807) is 12.3 Å². The van der Waals surface area contributed by atoms with Crippen LogP contribution in [0.15, 0.2) is 42.7 Å². The third-order valence-electron chi connectivity index (χ3n) is 3.28. The predicted octanol–water partition coefficient (Wildman–Crippen LogP) is 2.43. The lowest BCUT2D eigenvalue weighted by Crippen LogP contribution is -2.31. The van der Waals surface area contributed by atoms with Gasteiger partial charge in [-0.25, -0.2) is 4.79 Å². The van der Waals surface area contributed by atoms with Gasteiger partial charge in [0.2, 0.25) is 5.72 Å². The summed E-state index contributed by atoms with van der Waals surface area (Å²) >= 11 is 0. The average molecular weight is 264 g/mol. The highest BCUT2D eigenvalue weighted by Crippen LogP contribution is 2.38. The van der Waals surface area contributed by atoms with E-state index in [2.05, 4.69) is 0 Å². The van der Waals surface area contributed by atoms with Gasteiger partial charge >= 0.3 is 5.97 Å². The molecule has 18 heavy (non-hydrogen) atoms. The topological polar surface area (TPSA) is 40.5 Å². The minimum absolute atomic E-state index is 0.